The molecule has 1 amide bonds. The summed E-state index contributed by atoms with van der Waals surface area (Å²) in [5, 5.41) is 4.47. The maximum atomic E-state index is 14.4. The molecule has 3 aromatic rings. The van der Waals surface area contributed by atoms with Crippen LogP contribution in [0.2, 0.25) is 0 Å². The third-order valence-corrected chi connectivity index (χ3v) is 6.14. The molecule has 154 valence electrons. The number of carbonyl (C=O) groups excluding carboxylic acids is 1. The van der Waals surface area contributed by atoms with Gasteiger partial charge in [-0.15, -0.1) is 0 Å². The first kappa shape index (κ1) is 18.7. The van der Waals surface area contributed by atoms with E-state index in [1.54, 1.807) is 11.0 Å². The molecule has 0 N–H and O–H groups in total. The van der Waals surface area contributed by atoms with Crippen molar-refractivity contribution in [2.45, 2.75) is 18.4 Å². The van der Waals surface area contributed by atoms with Crippen LogP contribution < -0.4 is 9.47 Å². The van der Waals surface area contributed by atoms with Crippen molar-refractivity contribution in [2.75, 3.05) is 20.2 Å². The molecule has 2 aliphatic rings. The van der Waals surface area contributed by atoms with Gasteiger partial charge >= 0.3 is 0 Å². The number of nitrogens with zero attached hydrogens (tertiary/aromatic N) is 3. The molecule has 0 aliphatic carbocycles. The van der Waals surface area contributed by atoms with Crippen molar-refractivity contribution in [1.29, 1.82) is 0 Å². The molecule has 7 heteroatoms. The van der Waals surface area contributed by atoms with Crippen molar-refractivity contribution in [1.82, 2.24) is 14.7 Å². The molecule has 1 aromatic heterocycles. The zero-order chi connectivity index (χ0) is 20.9. The number of carbonyl (C=O) groups is 1. The van der Waals surface area contributed by atoms with Gasteiger partial charge in [0.25, 0.3) is 5.91 Å². The summed E-state index contributed by atoms with van der Waals surface area (Å²) in [7, 11) is 3.40. The van der Waals surface area contributed by atoms with Crippen molar-refractivity contribution in [3.05, 3.63) is 65.6 Å². The number of benzene rings is 2. The van der Waals surface area contributed by atoms with Crippen LogP contribution in [0.1, 0.15) is 28.8 Å². The minimum atomic E-state index is -0.572. The summed E-state index contributed by atoms with van der Waals surface area (Å²) in [5.74, 6) is 0.333. The number of likely N-dealkylation sites (tertiary alicyclic amines) is 1. The molecule has 1 spiro atoms. The minimum absolute atomic E-state index is 0.0590. The average Bonchev–Trinajstić information content (AvgIpc) is 3.17. The summed E-state index contributed by atoms with van der Waals surface area (Å²) < 4.78 is 27.8. The third-order valence-electron chi connectivity index (χ3n) is 6.14. The zero-order valence-corrected chi connectivity index (χ0v) is 16.9. The van der Waals surface area contributed by atoms with E-state index < -0.39 is 11.4 Å². The number of ether oxygens (including phenoxy) is 2. The molecule has 2 aliphatic heterocycles. The largest absolute Gasteiger partial charge is 0.497 e. The summed E-state index contributed by atoms with van der Waals surface area (Å²) in [4.78, 5) is 14.6. The Hall–Kier alpha value is -3.35. The van der Waals surface area contributed by atoms with Gasteiger partial charge in [-0.1, -0.05) is 12.1 Å². The van der Waals surface area contributed by atoms with Gasteiger partial charge in [-0.2, -0.15) is 5.10 Å². The van der Waals surface area contributed by atoms with Gasteiger partial charge < -0.3 is 14.4 Å². The second-order valence-electron chi connectivity index (χ2n) is 7.76. The first-order valence-electron chi connectivity index (χ1n) is 9.96. The summed E-state index contributed by atoms with van der Waals surface area (Å²) in [5.41, 5.74) is 2.65. The van der Waals surface area contributed by atoms with E-state index in [1.807, 2.05) is 42.2 Å². The van der Waals surface area contributed by atoms with Gasteiger partial charge in [-0.25, -0.2) is 4.39 Å². The number of hydrogen-bond donors (Lipinski definition) is 0. The number of halogens is 1. The molecule has 2 aromatic carbocycles. The molecule has 1 fully saturated rings. The summed E-state index contributed by atoms with van der Waals surface area (Å²) in [6, 6.07) is 12.3. The Morgan fingerprint density at radius 2 is 1.97 bits per heavy atom. The first-order chi connectivity index (χ1) is 14.5. The van der Waals surface area contributed by atoms with Crippen molar-refractivity contribution >= 4 is 5.91 Å². The Morgan fingerprint density at radius 3 is 2.70 bits per heavy atom. The van der Waals surface area contributed by atoms with Gasteiger partial charge in [0, 0.05) is 50.2 Å². The lowest BCUT2D eigenvalue weighted by atomic mass is 9.81. The molecule has 0 radical (unpaired) electrons. The highest BCUT2D eigenvalue weighted by atomic mass is 19.1. The van der Waals surface area contributed by atoms with Crippen LogP contribution in [0, 0.1) is 5.82 Å². The van der Waals surface area contributed by atoms with E-state index in [0.29, 0.717) is 31.7 Å². The number of piperidine rings is 1. The van der Waals surface area contributed by atoms with Gasteiger partial charge in [0.1, 0.15) is 22.9 Å². The van der Waals surface area contributed by atoms with Gasteiger partial charge in [0.05, 0.1) is 24.6 Å². The highest BCUT2D eigenvalue weighted by Crippen LogP contribution is 2.49. The van der Waals surface area contributed by atoms with Crippen LogP contribution in [-0.4, -0.2) is 40.8 Å². The Morgan fingerprint density at radius 1 is 1.20 bits per heavy atom. The summed E-state index contributed by atoms with van der Waals surface area (Å²) >= 11 is 0. The molecule has 0 bridgehead atoms. The molecule has 5 rings (SSSR count). The predicted octanol–water partition coefficient (Wildman–Crippen LogP) is 3.76. The highest BCUT2D eigenvalue weighted by Gasteiger charge is 2.46. The second kappa shape index (κ2) is 6.86. The Bertz CT molecular complexity index is 1130. The lowest BCUT2D eigenvalue weighted by Crippen LogP contribution is -2.49. The number of amides is 1. The van der Waals surface area contributed by atoms with Gasteiger partial charge in [0.15, 0.2) is 0 Å². The van der Waals surface area contributed by atoms with Crippen LogP contribution in [-0.2, 0) is 12.6 Å². The SMILES string of the molecule is COc1ccc(C(=O)N2CCC3(CC2)Oc2ccccc2-c2c3cnn2C)c(F)c1. The second-order valence-corrected chi connectivity index (χ2v) is 7.76. The van der Waals surface area contributed by atoms with E-state index >= 15 is 0 Å². The third kappa shape index (κ3) is 2.76. The average molecular weight is 407 g/mol. The minimum Gasteiger partial charge on any atom is -0.497 e. The number of rotatable bonds is 2. The number of para-hydroxylation sites is 1. The topological polar surface area (TPSA) is 56.6 Å². The molecule has 1 saturated heterocycles. The highest BCUT2D eigenvalue weighted by molar-refractivity contribution is 5.94. The van der Waals surface area contributed by atoms with Crippen LogP contribution in [0.3, 0.4) is 0 Å². The number of aryl methyl sites for hydroxylation is 1. The van der Waals surface area contributed by atoms with Crippen LogP contribution in [0.5, 0.6) is 11.5 Å². The molecule has 6 nitrogen and oxygen atoms in total. The number of hydrogen-bond acceptors (Lipinski definition) is 4. The smallest absolute Gasteiger partial charge is 0.256 e. The van der Waals surface area contributed by atoms with Gasteiger partial charge in [-0.3, -0.25) is 9.48 Å². The van der Waals surface area contributed by atoms with E-state index in [9.17, 15) is 9.18 Å². The molecule has 0 saturated carbocycles. The number of methoxy groups -OCH3 is 1. The van der Waals surface area contributed by atoms with Crippen molar-refractivity contribution < 1.29 is 18.7 Å². The predicted molar refractivity (Wildman–Crippen MR) is 109 cm³/mol. The van der Waals surface area contributed by atoms with Gasteiger partial charge in [-0.05, 0) is 24.3 Å². The molecule has 0 unspecified atom stereocenters. The number of fused-ring (bicyclic) bond motifs is 4. The Balaban J connectivity index is 1.41. The monoisotopic (exact) mass is 407 g/mol. The molecular weight excluding hydrogens is 385 g/mol. The summed E-state index contributed by atoms with van der Waals surface area (Å²) in [6.45, 7) is 0.946. The van der Waals surface area contributed by atoms with E-state index in [2.05, 4.69) is 5.10 Å². The molecular formula is C23H22FN3O3. The Labute approximate surface area is 173 Å². The molecule has 3 heterocycles. The van der Waals surface area contributed by atoms with E-state index in [4.69, 9.17) is 9.47 Å². The zero-order valence-electron chi connectivity index (χ0n) is 16.9. The first-order valence-corrected chi connectivity index (χ1v) is 9.96. The van der Waals surface area contributed by atoms with Crippen LogP contribution >= 0.6 is 0 Å². The maximum Gasteiger partial charge on any atom is 0.256 e. The quantitative estimate of drug-likeness (QED) is 0.649. The maximum absolute atomic E-state index is 14.4. The van der Waals surface area contributed by atoms with Crippen LogP contribution in [0.4, 0.5) is 4.39 Å². The van der Waals surface area contributed by atoms with Crippen molar-refractivity contribution in [3.63, 3.8) is 0 Å². The van der Waals surface area contributed by atoms with E-state index in [0.717, 1.165) is 22.6 Å². The standard InChI is InChI=1S/C23H22FN3O3/c1-26-21-17-5-3-4-6-20(17)30-23(18(21)14-25-26)9-11-27(12-10-23)22(28)16-8-7-15(29-2)13-19(16)24/h3-8,13-14H,9-12H2,1-2H3. The summed E-state index contributed by atoms with van der Waals surface area (Å²) in [6.07, 6.45) is 3.10. The normalized spacial score (nSPS) is 16.6. The van der Waals surface area contributed by atoms with E-state index in [-0.39, 0.29) is 11.5 Å². The lowest BCUT2D eigenvalue weighted by molar-refractivity contribution is -0.00184. The fourth-order valence-corrected chi connectivity index (χ4v) is 4.52. The fraction of sp³-hybridized carbons (Fsp3) is 0.304. The fourth-order valence-electron chi connectivity index (χ4n) is 4.52. The lowest BCUT2D eigenvalue weighted by Gasteiger charge is -2.44. The van der Waals surface area contributed by atoms with Crippen LogP contribution in [0.15, 0.2) is 48.7 Å². The van der Waals surface area contributed by atoms with Gasteiger partial charge in [0.2, 0.25) is 0 Å². The molecule has 30 heavy (non-hydrogen) atoms. The van der Waals surface area contributed by atoms with Crippen molar-refractivity contribution in [2.24, 2.45) is 7.05 Å². The molecule has 0 atom stereocenters. The van der Waals surface area contributed by atoms with Crippen molar-refractivity contribution in [3.8, 4) is 22.8 Å². The van der Waals surface area contributed by atoms with E-state index in [1.165, 1.54) is 19.2 Å². The van der Waals surface area contributed by atoms with Crippen LogP contribution in [0.25, 0.3) is 11.3 Å². The number of aromatic nitrogens is 2. The Kier molecular flexibility index (Phi) is 4.27.